The van der Waals surface area contributed by atoms with Gasteiger partial charge in [0.05, 0.1) is 12.2 Å². The van der Waals surface area contributed by atoms with Crippen molar-refractivity contribution in [1.82, 2.24) is 9.88 Å². The largest absolute Gasteiger partial charge is 0.325 e. The van der Waals surface area contributed by atoms with E-state index in [1.165, 1.54) is 0 Å². The molecule has 26 heavy (non-hydrogen) atoms. The zero-order valence-electron chi connectivity index (χ0n) is 15.1. The molecule has 0 fully saturated rings. The number of hydrogen-bond acceptors (Lipinski definition) is 4. The number of carbonyl (C=O) groups excluding carboxylic acids is 1. The molecule has 0 saturated carbocycles. The highest BCUT2D eigenvalue weighted by atomic mass is 32.1. The molecule has 0 unspecified atom stereocenters. The summed E-state index contributed by atoms with van der Waals surface area (Å²) in [4.78, 5) is 19.0. The van der Waals surface area contributed by atoms with Crippen molar-refractivity contribution >= 4 is 22.9 Å². The molecule has 0 aliphatic rings. The van der Waals surface area contributed by atoms with Gasteiger partial charge in [0.15, 0.2) is 0 Å². The molecule has 1 amide bonds. The number of likely N-dealkylation sites (N-methyl/N-ethyl adjacent to an activating group) is 1. The first-order valence-electron chi connectivity index (χ1n) is 8.72. The summed E-state index contributed by atoms with van der Waals surface area (Å²) < 4.78 is 0. The average molecular weight is 366 g/mol. The molecule has 0 saturated heterocycles. The zero-order valence-corrected chi connectivity index (χ0v) is 15.9. The lowest BCUT2D eigenvalue weighted by molar-refractivity contribution is -0.117. The molecule has 0 aliphatic heterocycles. The van der Waals surface area contributed by atoms with Crippen molar-refractivity contribution in [2.24, 2.45) is 0 Å². The second kappa shape index (κ2) is 8.74. The second-order valence-electron chi connectivity index (χ2n) is 6.24. The van der Waals surface area contributed by atoms with Gasteiger partial charge >= 0.3 is 0 Å². The maximum atomic E-state index is 12.3. The minimum absolute atomic E-state index is 0.00749. The number of hydrogen-bond donors (Lipinski definition) is 1. The number of rotatable bonds is 7. The third-order valence-electron chi connectivity index (χ3n) is 4.09. The third-order valence-corrected chi connectivity index (χ3v) is 5.03. The Hall–Kier alpha value is -2.50. The fraction of sp³-hybridized carbons (Fsp3) is 0.238. The molecule has 0 aliphatic carbocycles. The summed E-state index contributed by atoms with van der Waals surface area (Å²) in [6, 6.07) is 18.1. The SMILES string of the molecule is CCc1ccccc1NC(=O)CN(C)Cc1csc(-c2ccccc2)n1. The van der Waals surface area contributed by atoms with Gasteiger partial charge < -0.3 is 5.32 Å². The molecule has 2 aromatic carbocycles. The van der Waals surface area contributed by atoms with E-state index in [0.717, 1.165) is 33.9 Å². The van der Waals surface area contributed by atoms with Crippen LogP contribution in [0.1, 0.15) is 18.2 Å². The van der Waals surface area contributed by atoms with Crippen molar-refractivity contribution in [3.05, 3.63) is 71.2 Å². The number of anilines is 1. The second-order valence-corrected chi connectivity index (χ2v) is 7.10. The number of carbonyl (C=O) groups is 1. The normalized spacial score (nSPS) is 10.9. The van der Waals surface area contributed by atoms with Gasteiger partial charge in [-0.15, -0.1) is 11.3 Å². The monoisotopic (exact) mass is 365 g/mol. The Labute approximate surface area is 158 Å². The lowest BCUT2D eigenvalue weighted by Gasteiger charge is -2.16. The minimum Gasteiger partial charge on any atom is -0.325 e. The van der Waals surface area contributed by atoms with E-state index in [2.05, 4.69) is 34.7 Å². The summed E-state index contributed by atoms with van der Waals surface area (Å²) in [6.07, 6.45) is 0.896. The van der Waals surface area contributed by atoms with Gasteiger partial charge in [0.25, 0.3) is 0 Å². The average Bonchev–Trinajstić information content (AvgIpc) is 3.11. The Morgan fingerprint density at radius 3 is 2.62 bits per heavy atom. The van der Waals surface area contributed by atoms with Gasteiger partial charge in [0.1, 0.15) is 5.01 Å². The van der Waals surface area contributed by atoms with Crippen LogP contribution < -0.4 is 5.32 Å². The zero-order chi connectivity index (χ0) is 18.4. The molecule has 5 heteroatoms. The smallest absolute Gasteiger partial charge is 0.238 e. The molecule has 3 rings (SSSR count). The van der Waals surface area contributed by atoms with Crippen molar-refractivity contribution in [3.8, 4) is 10.6 Å². The first-order valence-corrected chi connectivity index (χ1v) is 9.59. The van der Waals surface area contributed by atoms with Crippen LogP contribution >= 0.6 is 11.3 Å². The van der Waals surface area contributed by atoms with Crippen molar-refractivity contribution < 1.29 is 4.79 Å². The van der Waals surface area contributed by atoms with Gasteiger partial charge in [-0.05, 0) is 25.1 Å². The van der Waals surface area contributed by atoms with Crippen LogP contribution in [-0.4, -0.2) is 29.4 Å². The molecule has 0 bridgehead atoms. The highest BCUT2D eigenvalue weighted by molar-refractivity contribution is 7.13. The lowest BCUT2D eigenvalue weighted by Crippen LogP contribution is -2.30. The standard InChI is InChI=1S/C21H23N3OS/c1-3-16-9-7-8-12-19(16)23-20(25)14-24(2)13-18-15-26-21(22-18)17-10-5-4-6-11-17/h4-12,15H,3,13-14H2,1-2H3,(H,23,25). The number of para-hydroxylation sites is 1. The molecular weight excluding hydrogens is 342 g/mol. The Morgan fingerprint density at radius 2 is 1.85 bits per heavy atom. The van der Waals surface area contributed by atoms with E-state index in [0.29, 0.717) is 13.1 Å². The highest BCUT2D eigenvalue weighted by Crippen LogP contribution is 2.23. The molecule has 1 heterocycles. The third kappa shape index (κ3) is 4.77. The lowest BCUT2D eigenvalue weighted by atomic mass is 10.1. The van der Waals surface area contributed by atoms with Crippen LogP contribution in [0.2, 0.25) is 0 Å². The number of nitrogens with one attached hydrogen (secondary N) is 1. The van der Waals surface area contributed by atoms with Crippen molar-refractivity contribution in [3.63, 3.8) is 0 Å². The van der Waals surface area contributed by atoms with Crippen LogP contribution in [0.5, 0.6) is 0 Å². The van der Waals surface area contributed by atoms with Crippen LogP contribution in [0, 0.1) is 0 Å². The molecule has 3 aromatic rings. The minimum atomic E-state index is -0.00749. The predicted molar refractivity (Wildman–Crippen MR) is 108 cm³/mol. The van der Waals surface area contributed by atoms with Crippen LogP contribution in [0.25, 0.3) is 10.6 Å². The van der Waals surface area contributed by atoms with Crippen LogP contribution in [0.3, 0.4) is 0 Å². The molecular formula is C21H23N3OS. The number of benzene rings is 2. The molecule has 1 N–H and O–H groups in total. The Bertz CT molecular complexity index is 860. The van der Waals surface area contributed by atoms with Gasteiger partial charge in [-0.25, -0.2) is 4.98 Å². The number of nitrogens with zero attached hydrogens (tertiary/aromatic N) is 2. The number of aromatic nitrogens is 1. The van der Waals surface area contributed by atoms with Gasteiger partial charge in [-0.1, -0.05) is 55.5 Å². The van der Waals surface area contributed by atoms with E-state index in [1.54, 1.807) is 11.3 Å². The Balaban J connectivity index is 1.56. The molecule has 134 valence electrons. The quantitative estimate of drug-likeness (QED) is 0.673. The summed E-state index contributed by atoms with van der Waals surface area (Å²) >= 11 is 1.63. The van der Waals surface area contributed by atoms with Crippen molar-refractivity contribution in [1.29, 1.82) is 0 Å². The van der Waals surface area contributed by atoms with E-state index in [1.807, 2.05) is 54.4 Å². The first-order chi connectivity index (χ1) is 12.7. The summed E-state index contributed by atoms with van der Waals surface area (Å²) in [7, 11) is 1.94. The maximum Gasteiger partial charge on any atom is 0.238 e. The Kier molecular flexibility index (Phi) is 6.15. The summed E-state index contributed by atoms with van der Waals surface area (Å²) in [6.45, 7) is 3.06. The summed E-state index contributed by atoms with van der Waals surface area (Å²) in [5, 5.41) is 6.08. The van der Waals surface area contributed by atoms with Gasteiger partial charge in [0, 0.05) is 23.2 Å². The number of amides is 1. The Morgan fingerprint density at radius 1 is 1.12 bits per heavy atom. The molecule has 0 atom stereocenters. The molecule has 4 nitrogen and oxygen atoms in total. The molecule has 0 radical (unpaired) electrons. The summed E-state index contributed by atoms with van der Waals surface area (Å²) in [5.41, 5.74) is 4.15. The van der Waals surface area contributed by atoms with Crippen LogP contribution in [-0.2, 0) is 17.8 Å². The topological polar surface area (TPSA) is 45.2 Å². The van der Waals surface area contributed by atoms with Crippen LogP contribution in [0.4, 0.5) is 5.69 Å². The van der Waals surface area contributed by atoms with Gasteiger partial charge in [-0.2, -0.15) is 0 Å². The van der Waals surface area contributed by atoms with E-state index in [9.17, 15) is 4.79 Å². The van der Waals surface area contributed by atoms with Crippen LogP contribution in [0.15, 0.2) is 60.0 Å². The maximum absolute atomic E-state index is 12.3. The van der Waals surface area contributed by atoms with E-state index < -0.39 is 0 Å². The number of thiazole rings is 1. The fourth-order valence-electron chi connectivity index (χ4n) is 2.81. The first kappa shape index (κ1) is 18.3. The predicted octanol–water partition coefficient (Wildman–Crippen LogP) is 4.44. The van der Waals surface area contributed by atoms with E-state index in [-0.39, 0.29) is 5.91 Å². The van der Waals surface area contributed by atoms with Crippen molar-refractivity contribution in [2.75, 3.05) is 18.9 Å². The molecule has 1 aromatic heterocycles. The highest BCUT2D eigenvalue weighted by Gasteiger charge is 2.11. The summed E-state index contributed by atoms with van der Waals surface area (Å²) in [5.74, 6) is -0.00749. The van der Waals surface area contributed by atoms with E-state index in [4.69, 9.17) is 0 Å². The molecule has 0 spiro atoms. The fourth-order valence-corrected chi connectivity index (χ4v) is 3.63. The van der Waals surface area contributed by atoms with Gasteiger partial charge in [0.2, 0.25) is 5.91 Å². The van der Waals surface area contributed by atoms with E-state index >= 15 is 0 Å². The van der Waals surface area contributed by atoms with Crippen molar-refractivity contribution in [2.45, 2.75) is 19.9 Å². The van der Waals surface area contributed by atoms with Gasteiger partial charge in [-0.3, -0.25) is 9.69 Å². The number of aryl methyl sites for hydroxylation is 1.